The molecule has 1 N–H and O–H groups in total. The lowest BCUT2D eigenvalue weighted by Gasteiger charge is -2.11. The Morgan fingerprint density at radius 1 is 1.19 bits per heavy atom. The highest BCUT2D eigenvalue weighted by Gasteiger charge is 2.10. The van der Waals surface area contributed by atoms with Crippen LogP contribution in [0.3, 0.4) is 0 Å². The van der Waals surface area contributed by atoms with Crippen molar-refractivity contribution in [2.45, 2.75) is 26.4 Å². The fourth-order valence-corrected chi connectivity index (χ4v) is 2.19. The van der Waals surface area contributed by atoms with E-state index in [0.29, 0.717) is 23.7 Å². The van der Waals surface area contributed by atoms with Gasteiger partial charge in [-0.1, -0.05) is 6.07 Å². The number of ether oxygens (including phenoxy) is 2. The molecule has 0 aliphatic rings. The van der Waals surface area contributed by atoms with Gasteiger partial charge in [0.25, 0.3) is 0 Å². The van der Waals surface area contributed by atoms with Crippen LogP contribution in [0.1, 0.15) is 35.7 Å². The summed E-state index contributed by atoms with van der Waals surface area (Å²) >= 11 is 0. The molecule has 1 atom stereocenters. The van der Waals surface area contributed by atoms with Gasteiger partial charge in [0, 0.05) is 23.9 Å². The van der Waals surface area contributed by atoms with Gasteiger partial charge in [-0.15, -0.1) is 0 Å². The van der Waals surface area contributed by atoms with Gasteiger partial charge in [0.2, 0.25) is 0 Å². The number of hydrogen-bond donors (Lipinski definition) is 1. The summed E-state index contributed by atoms with van der Waals surface area (Å²) in [6, 6.07) is 5.74. The molecule has 5 heteroatoms. The Balaban J connectivity index is 2.24. The zero-order chi connectivity index (χ0) is 15.4. The zero-order valence-corrected chi connectivity index (χ0v) is 12.8. The second kappa shape index (κ2) is 6.54. The van der Waals surface area contributed by atoms with Crippen LogP contribution in [0.25, 0.3) is 0 Å². The van der Waals surface area contributed by atoms with E-state index in [-0.39, 0.29) is 0 Å². The quantitative estimate of drug-likeness (QED) is 0.915. The average molecular weight is 288 g/mol. The van der Waals surface area contributed by atoms with E-state index in [1.807, 2.05) is 25.1 Å². The number of aryl methyl sites for hydroxylation is 1. The molecular formula is C16H20N2O3. The number of benzene rings is 1. The number of aromatic nitrogens is 2. The third-order valence-corrected chi connectivity index (χ3v) is 3.33. The number of nitrogens with zero attached hydrogens (tertiary/aromatic N) is 2. The van der Waals surface area contributed by atoms with E-state index in [1.165, 1.54) is 0 Å². The molecule has 0 bridgehead atoms. The molecule has 0 saturated heterocycles. The monoisotopic (exact) mass is 288 g/mol. The van der Waals surface area contributed by atoms with Crippen molar-refractivity contribution in [2.24, 2.45) is 0 Å². The van der Waals surface area contributed by atoms with Crippen LogP contribution in [0, 0.1) is 6.92 Å². The predicted octanol–water partition coefficient (Wildman–Crippen LogP) is 2.45. The fourth-order valence-electron chi connectivity index (χ4n) is 2.19. The van der Waals surface area contributed by atoms with Gasteiger partial charge in [-0.25, -0.2) is 9.97 Å². The molecule has 0 fully saturated rings. The molecule has 0 aliphatic carbocycles. The molecule has 2 aromatic rings. The molecule has 0 spiro atoms. The highest BCUT2D eigenvalue weighted by Crippen LogP contribution is 2.28. The number of rotatable bonds is 5. The van der Waals surface area contributed by atoms with Crippen LogP contribution in [-0.4, -0.2) is 29.3 Å². The molecule has 21 heavy (non-hydrogen) atoms. The van der Waals surface area contributed by atoms with Gasteiger partial charge in [0.1, 0.15) is 5.82 Å². The molecule has 2 rings (SSSR count). The fraction of sp³-hybridized carbons (Fsp3) is 0.375. The van der Waals surface area contributed by atoms with Crippen LogP contribution in [0.5, 0.6) is 11.5 Å². The van der Waals surface area contributed by atoms with Crippen molar-refractivity contribution in [3.05, 3.63) is 47.0 Å². The minimum absolute atomic E-state index is 0.555. The van der Waals surface area contributed by atoms with Gasteiger partial charge in [0.15, 0.2) is 11.5 Å². The number of aliphatic hydroxyl groups excluding tert-OH is 1. The molecule has 0 amide bonds. The first-order valence-electron chi connectivity index (χ1n) is 6.76. The Kier molecular flexibility index (Phi) is 4.75. The summed E-state index contributed by atoms with van der Waals surface area (Å²) in [6.07, 6.45) is 1.73. The van der Waals surface area contributed by atoms with Gasteiger partial charge in [-0.2, -0.15) is 0 Å². The third kappa shape index (κ3) is 3.49. The predicted molar refractivity (Wildman–Crippen MR) is 79.8 cm³/mol. The maximum Gasteiger partial charge on any atom is 0.161 e. The topological polar surface area (TPSA) is 64.5 Å². The normalized spacial score (nSPS) is 12.0. The molecule has 112 valence electrons. The maximum atomic E-state index is 9.60. The molecular weight excluding hydrogens is 268 g/mol. The molecule has 1 aromatic carbocycles. The summed E-state index contributed by atoms with van der Waals surface area (Å²) in [7, 11) is 3.22. The molecule has 1 aromatic heterocycles. The summed E-state index contributed by atoms with van der Waals surface area (Å²) in [4.78, 5) is 8.76. The van der Waals surface area contributed by atoms with Crippen LogP contribution in [-0.2, 0) is 6.42 Å². The van der Waals surface area contributed by atoms with Gasteiger partial charge in [0.05, 0.1) is 20.3 Å². The van der Waals surface area contributed by atoms with Gasteiger partial charge >= 0.3 is 0 Å². The van der Waals surface area contributed by atoms with Gasteiger partial charge in [-0.05, 0) is 31.5 Å². The van der Waals surface area contributed by atoms with Crippen LogP contribution in [0.4, 0.5) is 0 Å². The summed E-state index contributed by atoms with van der Waals surface area (Å²) in [5.74, 6) is 2.10. The second-order valence-electron chi connectivity index (χ2n) is 4.87. The lowest BCUT2D eigenvalue weighted by Crippen LogP contribution is -2.04. The standard InChI is InChI=1S/C16H20N2O3/c1-10-13(11(2)19)9-17-16(18-10)8-12-5-6-14(20-3)15(7-12)21-4/h5-7,9,11,19H,8H2,1-4H3/t11-/m1/s1. The first-order valence-corrected chi connectivity index (χ1v) is 6.76. The van der Waals surface area contributed by atoms with E-state index in [9.17, 15) is 5.11 Å². The van der Waals surface area contributed by atoms with Crippen molar-refractivity contribution in [1.29, 1.82) is 0 Å². The molecule has 0 radical (unpaired) electrons. The van der Waals surface area contributed by atoms with Crippen molar-refractivity contribution in [1.82, 2.24) is 9.97 Å². The Labute approximate surface area is 124 Å². The van der Waals surface area contributed by atoms with Crippen LogP contribution < -0.4 is 9.47 Å². The lowest BCUT2D eigenvalue weighted by atomic mass is 10.1. The van der Waals surface area contributed by atoms with Crippen molar-refractivity contribution in [3.63, 3.8) is 0 Å². The van der Waals surface area contributed by atoms with Crippen molar-refractivity contribution in [3.8, 4) is 11.5 Å². The van der Waals surface area contributed by atoms with E-state index in [0.717, 1.165) is 16.8 Å². The Bertz CT molecular complexity index is 627. The van der Waals surface area contributed by atoms with Crippen LogP contribution in [0.2, 0.25) is 0 Å². The van der Waals surface area contributed by atoms with Crippen LogP contribution >= 0.6 is 0 Å². The van der Waals surface area contributed by atoms with Crippen molar-refractivity contribution in [2.75, 3.05) is 14.2 Å². The van der Waals surface area contributed by atoms with E-state index < -0.39 is 6.10 Å². The summed E-state index contributed by atoms with van der Waals surface area (Å²) < 4.78 is 10.5. The number of aliphatic hydroxyl groups is 1. The zero-order valence-electron chi connectivity index (χ0n) is 12.8. The average Bonchev–Trinajstić information content (AvgIpc) is 2.46. The Morgan fingerprint density at radius 3 is 2.48 bits per heavy atom. The third-order valence-electron chi connectivity index (χ3n) is 3.33. The van der Waals surface area contributed by atoms with E-state index in [4.69, 9.17) is 9.47 Å². The van der Waals surface area contributed by atoms with Crippen molar-refractivity contribution < 1.29 is 14.6 Å². The van der Waals surface area contributed by atoms with E-state index in [1.54, 1.807) is 27.3 Å². The summed E-state index contributed by atoms with van der Waals surface area (Å²) in [6.45, 7) is 3.58. The van der Waals surface area contributed by atoms with E-state index in [2.05, 4.69) is 9.97 Å². The smallest absolute Gasteiger partial charge is 0.161 e. The first kappa shape index (κ1) is 15.3. The Morgan fingerprint density at radius 2 is 1.90 bits per heavy atom. The molecule has 1 heterocycles. The summed E-state index contributed by atoms with van der Waals surface area (Å²) in [5.41, 5.74) is 2.60. The first-order chi connectivity index (χ1) is 10.0. The lowest BCUT2D eigenvalue weighted by molar-refractivity contribution is 0.197. The second-order valence-corrected chi connectivity index (χ2v) is 4.87. The highest BCUT2D eigenvalue weighted by molar-refractivity contribution is 5.43. The largest absolute Gasteiger partial charge is 0.493 e. The Hall–Kier alpha value is -2.14. The number of methoxy groups -OCH3 is 2. The molecule has 0 aliphatic heterocycles. The summed E-state index contributed by atoms with van der Waals surface area (Å²) in [5, 5.41) is 9.60. The SMILES string of the molecule is COc1ccc(Cc2ncc([C@@H](C)O)c(C)n2)cc1OC. The van der Waals surface area contributed by atoms with Gasteiger partial charge in [-0.3, -0.25) is 0 Å². The molecule has 0 unspecified atom stereocenters. The molecule has 5 nitrogen and oxygen atoms in total. The minimum Gasteiger partial charge on any atom is -0.493 e. The molecule has 0 saturated carbocycles. The van der Waals surface area contributed by atoms with E-state index >= 15 is 0 Å². The van der Waals surface area contributed by atoms with Gasteiger partial charge < -0.3 is 14.6 Å². The maximum absolute atomic E-state index is 9.60. The van der Waals surface area contributed by atoms with Crippen LogP contribution in [0.15, 0.2) is 24.4 Å². The highest BCUT2D eigenvalue weighted by atomic mass is 16.5. The van der Waals surface area contributed by atoms with Crippen molar-refractivity contribution >= 4 is 0 Å². The number of hydrogen-bond acceptors (Lipinski definition) is 5. The minimum atomic E-state index is -0.555.